The Morgan fingerprint density at radius 1 is 0.941 bits per heavy atom. The summed E-state index contributed by atoms with van der Waals surface area (Å²) < 4.78 is 40.0. The molecule has 0 radical (unpaired) electrons. The first-order valence-corrected chi connectivity index (χ1v) is 12.4. The molecule has 7 heteroatoms. The molecule has 176 valence electrons. The lowest BCUT2D eigenvalue weighted by atomic mass is 9.97. The number of fused-ring (bicyclic) bond motifs is 1. The smallest absolute Gasteiger partial charge is 0.324 e. The van der Waals surface area contributed by atoms with E-state index in [9.17, 15) is 13.2 Å². The molecular weight excluding hydrogens is 450 g/mol. The predicted molar refractivity (Wildman–Crippen MR) is 130 cm³/mol. The normalized spacial score (nSPS) is 18.1. The molecule has 0 fully saturated rings. The first-order chi connectivity index (χ1) is 16.4. The number of rotatable bonds is 8. The predicted octanol–water partition coefficient (Wildman–Crippen LogP) is 4.07. The van der Waals surface area contributed by atoms with Gasteiger partial charge in [-0.25, -0.2) is 8.42 Å². The quantitative estimate of drug-likeness (QED) is 0.457. The third-order valence-electron chi connectivity index (χ3n) is 5.94. The number of methoxy groups -OCH3 is 1. The van der Waals surface area contributed by atoms with Gasteiger partial charge in [-0.3, -0.25) is 4.79 Å². The van der Waals surface area contributed by atoms with E-state index in [4.69, 9.17) is 9.47 Å². The monoisotopic (exact) mass is 477 g/mol. The van der Waals surface area contributed by atoms with E-state index in [2.05, 4.69) is 6.58 Å². The summed E-state index contributed by atoms with van der Waals surface area (Å²) in [4.78, 5) is 13.1. The van der Waals surface area contributed by atoms with Crippen molar-refractivity contribution in [1.82, 2.24) is 4.31 Å². The maximum atomic E-state index is 13.9. The van der Waals surface area contributed by atoms with Crippen molar-refractivity contribution in [1.29, 1.82) is 0 Å². The Balaban J connectivity index is 1.73. The molecule has 3 aromatic carbocycles. The molecule has 0 aromatic heterocycles. The molecule has 0 unspecified atom stereocenters. The molecule has 1 heterocycles. The van der Waals surface area contributed by atoms with E-state index in [1.165, 1.54) is 11.4 Å². The van der Waals surface area contributed by atoms with Crippen molar-refractivity contribution >= 4 is 21.6 Å². The molecule has 0 saturated carbocycles. The average molecular weight is 478 g/mol. The van der Waals surface area contributed by atoms with Crippen molar-refractivity contribution in [2.24, 2.45) is 0 Å². The summed E-state index contributed by atoms with van der Waals surface area (Å²) in [7, 11) is -2.78. The van der Waals surface area contributed by atoms with Gasteiger partial charge >= 0.3 is 5.97 Å². The maximum absolute atomic E-state index is 13.9. The first kappa shape index (κ1) is 23.9. The molecule has 1 aliphatic rings. The summed E-state index contributed by atoms with van der Waals surface area (Å²) in [6, 6.07) is 23.8. The van der Waals surface area contributed by atoms with Crippen LogP contribution >= 0.6 is 0 Å². The SMILES string of the molecule is C=C1c2ccccc2S(=O)(=O)N([C@@H](Cc2ccccc2)C(=O)OC)[C@H]1COCc1ccccc1. The van der Waals surface area contributed by atoms with Crippen molar-refractivity contribution in [2.75, 3.05) is 13.7 Å². The van der Waals surface area contributed by atoms with Crippen LogP contribution in [0.3, 0.4) is 0 Å². The second kappa shape index (κ2) is 10.3. The lowest BCUT2D eigenvalue weighted by molar-refractivity contribution is -0.145. The Kier molecular flexibility index (Phi) is 7.26. The molecule has 0 aliphatic carbocycles. The molecule has 0 bridgehead atoms. The number of nitrogens with zero attached hydrogens (tertiary/aromatic N) is 1. The van der Waals surface area contributed by atoms with Gasteiger partial charge in [0.25, 0.3) is 0 Å². The Morgan fingerprint density at radius 2 is 1.53 bits per heavy atom. The van der Waals surface area contributed by atoms with Crippen LogP contribution in [-0.4, -0.2) is 44.5 Å². The lowest BCUT2D eigenvalue weighted by Crippen LogP contribution is -2.55. The highest BCUT2D eigenvalue weighted by Gasteiger charge is 2.47. The minimum Gasteiger partial charge on any atom is -0.468 e. The molecule has 2 atom stereocenters. The molecule has 6 nitrogen and oxygen atoms in total. The van der Waals surface area contributed by atoms with Crippen LogP contribution in [0.5, 0.6) is 0 Å². The van der Waals surface area contributed by atoms with E-state index in [1.54, 1.807) is 24.3 Å². The van der Waals surface area contributed by atoms with Gasteiger partial charge in [-0.05, 0) is 34.8 Å². The summed E-state index contributed by atoms with van der Waals surface area (Å²) in [6.07, 6.45) is 0.164. The van der Waals surface area contributed by atoms with Gasteiger partial charge < -0.3 is 9.47 Å². The number of carbonyl (C=O) groups is 1. The van der Waals surface area contributed by atoms with Gasteiger partial charge in [0.05, 0.1) is 31.3 Å². The molecule has 0 spiro atoms. The van der Waals surface area contributed by atoms with E-state index in [0.29, 0.717) is 17.7 Å². The Bertz CT molecular complexity index is 1260. The highest BCUT2D eigenvalue weighted by atomic mass is 32.2. The van der Waals surface area contributed by atoms with Gasteiger partial charge in [-0.2, -0.15) is 4.31 Å². The van der Waals surface area contributed by atoms with Crippen LogP contribution in [0, 0.1) is 0 Å². The van der Waals surface area contributed by atoms with Crippen molar-refractivity contribution in [3.8, 4) is 0 Å². The maximum Gasteiger partial charge on any atom is 0.324 e. The van der Waals surface area contributed by atoms with Crippen LogP contribution in [0.25, 0.3) is 5.57 Å². The summed E-state index contributed by atoms with van der Waals surface area (Å²) in [5.74, 6) is -0.632. The highest BCUT2D eigenvalue weighted by molar-refractivity contribution is 7.89. The second-order valence-electron chi connectivity index (χ2n) is 8.10. The summed E-state index contributed by atoms with van der Waals surface area (Å²) in [6.45, 7) is 4.57. The minimum absolute atomic E-state index is 0.0452. The number of hydrogen-bond donors (Lipinski definition) is 0. The Labute approximate surface area is 200 Å². The number of esters is 1. The van der Waals surface area contributed by atoms with Gasteiger partial charge in [-0.15, -0.1) is 0 Å². The zero-order valence-electron chi connectivity index (χ0n) is 19.0. The zero-order chi connectivity index (χ0) is 24.1. The molecule has 0 saturated heterocycles. The molecule has 4 rings (SSSR count). The topological polar surface area (TPSA) is 72.9 Å². The van der Waals surface area contributed by atoms with Gasteiger partial charge in [-0.1, -0.05) is 85.4 Å². The third kappa shape index (κ3) is 4.82. The Hall–Kier alpha value is -3.26. The summed E-state index contributed by atoms with van der Waals surface area (Å²) >= 11 is 0. The van der Waals surface area contributed by atoms with Gasteiger partial charge in [0, 0.05) is 0 Å². The zero-order valence-corrected chi connectivity index (χ0v) is 19.8. The molecule has 0 amide bonds. The lowest BCUT2D eigenvalue weighted by Gasteiger charge is -2.40. The fourth-order valence-electron chi connectivity index (χ4n) is 4.24. The minimum atomic E-state index is -4.04. The van der Waals surface area contributed by atoms with Crippen molar-refractivity contribution < 1.29 is 22.7 Å². The van der Waals surface area contributed by atoms with Crippen LogP contribution in [0.15, 0.2) is 96.4 Å². The van der Waals surface area contributed by atoms with Crippen LogP contribution in [0.2, 0.25) is 0 Å². The van der Waals surface area contributed by atoms with Crippen molar-refractivity contribution in [2.45, 2.75) is 30.0 Å². The van der Waals surface area contributed by atoms with E-state index in [-0.39, 0.29) is 17.9 Å². The molecule has 3 aromatic rings. The number of carbonyl (C=O) groups excluding carboxylic acids is 1. The molecule has 34 heavy (non-hydrogen) atoms. The fraction of sp³-hybridized carbons (Fsp3) is 0.222. The molecule has 1 aliphatic heterocycles. The van der Waals surface area contributed by atoms with Crippen LogP contribution in [0.1, 0.15) is 16.7 Å². The van der Waals surface area contributed by atoms with Gasteiger partial charge in [0.1, 0.15) is 6.04 Å². The largest absolute Gasteiger partial charge is 0.468 e. The number of sulfonamides is 1. The van der Waals surface area contributed by atoms with E-state index in [1.807, 2.05) is 60.7 Å². The highest BCUT2D eigenvalue weighted by Crippen LogP contribution is 2.39. The second-order valence-corrected chi connectivity index (χ2v) is 9.91. The number of ether oxygens (including phenoxy) is 2. The first-order valence-electron chi connectivity index (χ1n) is 11.0. The molecular formula is C27H27NO5S. The third-order valence-corrected chi connectivity index (χ3v) is 7.91. The fourth-order valence-corrected chi connectivity index (χ4v) is 6.22. The van der Waals surface area contributed by atoms with Crippen molar-refractivity contribution in [3.05, 3.63) is 108 Å². The summed E-state index contributed by atoms with van der Waals surface area (Å²) in [5, 5.41) is 0. The van der Waals surface area contributed by atoms with Crippen LogP contribution < -0.4 is 0 Å². The van der Waals surface area contributed by atoms with Crippen LogP contribution in [-0.2, 0) is 37.3 Å². The van der Waals surface area contributed by atoms with Crippen molar-refractivity contribution in [3.63, 3.8) is 0 Å². The van der Waals surface area contributed by atoms with E-state index >= 15 is 0 Å². The Morgan fingerprint density at radius 3 is 2.18 bits per heavy atom. The van der Waals surface area contributed by atoms with E-state index in [0.717, 1.165) is 11.1 Å². The van der Waals surface area contributed by atoms with E-state index < -0.39 is 28.1 Å². The van der Waals surface area contributed by atoms with Crippen LogP contribution in [0.4, 0.5) is 0 Å². The van der Waals surface area contributed by atoms with Gasteiger partial charge in [0.2, 0.25) is 10.0 Å². The number of benzene rings is 3. The summed E-state index contributed by atoms with van der Waals surface area (Å²) in [5.41, 5.74) is 2.91. The average Bonchev–Trinajstić information content (AvgIpc) is 2.87. The number of hydrogen-bond acceptors (Lipinski definition) is 5. The standard InChI is InChI=1S/C27H27NO5S/c1-20-23-15-9-10-16-26(23)34(30,31)28(25(20)19-33-18-22-13-7-4-8-14-22)24(27(29)32-2)17-21-11-5-3-6-12-21/h3-16,24-25H,1,17-19H2,2H3/t24-,25-/m0/s1. The molecule has 0 N–H and O–H groups in total. The van der Waals surface area contributed by atoms with Gasteiger partial charge in [0.15, 0.2) is 0 Å².